The summed E-state index contributed by atoms with van der Waals surface area (Å²) in [5.41, 5.74) is 6.72. The summed E-state index contributed by atoms with van der Waals surface area (Å²) >= 11 is 0. The molecular weight excluding hydrogens is 322 g/mol. The predicted octanol–water partition coefficient (Wildman–Crippen LogP) is 1.50. The summed E-state index contributed by atoms with van der Waals surface area (Å²) in [6.07, 6.45) is 2.98. The van der Waals surface area contributed by atoms with Crippen LogP contribution < -0.4 is 5.73 Å². The Balaban J connectivity index is 0.00000242. The third-order valence-corrected chi connectivity index (χ3v) is 5.76. The van der Waals surface area contributed by atoms with Crippen LogP contribution in [0.4, 0.5) is 0 Å². The van der Waals surface area contributed by atoms with Crippen molar-refractivity contribution >= 4 is 22.6 Å². The van der Waals surface area contributed by atoms with Gasteiger partial charge in [-0.1, -0.05) is 30.3 Å². The molecule has 1 aromatic rings. The van der Waals surface area contributed by atoms with E-state index in [1.807, 2.05) is 30.3 Å². The van der Waals surface area contributed by atoms with Crippen LogP contribution in [0.2, 0.25) is 0 Å². The van der Waals surface area contributed by atoms with Gasteiger partial charge in [0.1, 0.15) is 0 Å². The van der Waals surface area contributed by atoms with Gasteiger partial charge in [-0.05, 0) is 30.7 Å². The van der Waals surface area contributed by atoms with E-state index in [1.54, 1.807) is 7.05 Å². The maximum Gasteiger partial charge on any atom is 0.281 e. The molecule has 1 fully saturated rings. The minimum absolute atomic E-state index is 0. The van der Waals surface area contributed by atoms with E-state index < -0.39 is 10.2 Å². The number of nitrogens with two attached hydrogens (primary N) is 1. The lowest BCUT2D eigenvalue weighted by molar-refractivity contribution is 0.359. The van der Waals surface area contributed by atoms with Crippen LogP contribution in [-0.2, 0) is 16.6 Å². The van der Waals surface area contributed by atoms with Crippen LogP contribution in [-0.4, -0.2) is 50.3 Å². The Hall–Kier alpha value is -0.660. The SMILES string of the molecule is CN(CC1CC1)S(=O)(=O)N(CCN)CCc1ccccc1.Cl. The average Bonchev–Trinajstić information content (AvgIpc) is 3.28. The summed E-state index contributed by atoms with van der Waals surface area (Å²) in [5, 5.41) is 0. The first kappa shape index (κ1) is 19.4. The predicted molar refractivity (Wildman–Crippen MR) is 92.3 cm³/mol. The average molecular weight is 348 g/mol. The molecule has 7 heteroatoms. The third kappa shape index (κ3) is 5.52. The van der Waals surface area contributed by atoms with Crippen molar-refractivity contribution in [3.63, 3.8) is 0 Å². The van der Waals surface area contributed by atoms with Gasteiger partial charge in [-0.25, -0.2) is 0 Å². The molecule has 0 radical (unpaired) electrons. The Morgan fingerprint density at radius 3 is 2.36 bits per heavy atom. The molecule has 0 amide bonds. The fraction of sp³-hybridized carbons (Fsp3) is 0.600. The van der Waals surface area contributed by atoms with Crippen LogP contribution in [0, 0.1) is 5.92 Å². The molecule has 2 N–H and O–H groups in total. The van der Waals surface area contributed by atoms with E-state index in [1.165, 1.54) is 8.61 Å². The van der Waals surface area contributed by atoms with Crippen molar-refractivity contribution < 1.29 is 8.42 Å². The highest BCUT2D eigenvalue weighted by molar-refractivity contribution is 7.86. The Kier molecular flexibility index (Phi) is 7.79. The first-order valence-electron chi connectivity index (χ1n) is 7.49. The molecule has 1 aliphatic carbocycles. The minimum Gasteiger partial charge on any atom is -0.329 e. The Morgan fingerprint density at radius 1 is 1.18 bits per heavy atom. The molecule has 0 aliphatic heterocycles. The molecule has 1 saturated carbocycles. The summed E-state index contributed by atoms with van der Waals surface area (Å²) in [7, 11) is -1.74. The Morgan fingerprint density at radius 2 is 1.82 bits per heavy atom. The fourth-order valence-electron chi connectivity index (χ4n) is 2.34. The summed E-state index contributed by atoms with van der Waals surface area (Å²) < 4.78 is 28.2. The number of benzene rings is 1. The van der Waals surface area contributed by atoms with Crippen molar-refractivity contribution in [2.45, 2.75) is 19.3 Å². The maximum absolute atomic E-state index is 12.6. The molecule has 5 nitrogen and oxygen atoms in total. The van der Waals surface area contributed by atoms with Gasteiger partial charge in [0.2, 0.25) is 0 Å². The lowest BCUT2D eigenvalue weighted by Gasteiger charge is -2.27. The second-order valence-corrected chi connectivity index (χ2v) is 7.69. The number of hydrogen-bond donors (Lipinski definition) is 1. The molecule has 1 aliphatic rings. The standard InChI is InChI=1S/C15H25N3O2S.ClH/c1-17(13-15-7-8-15)21(19,20)18(12-10-16)11-9-14-5-3-2-4-6-14;/h2-6,15H,7-13,16H2,1H3;1H. The van der Waals surface area contributed by atoms with Gasteiger partial charge in [0, 0.05) is 33.2 Å². The van der Waals surface area contributed by atoms with Crippen LogP contribution in [0.5, 0.6) is 0 Å². The van der Waals surface area contributed by atoms with Gasteiger partial charge in [-0.3, -0.25) is 0 Å². The van der Waals surface area contributed by atoms with Gasteiger partial charge in [0.05, 0.1) is 0 Å². The molecule has 0 unspecified atom stereocenters. The van der Waals surface area contributed by atoms with Crippen molar-refractivity contribution in [1.82, 2.24) is 8.61 Å². The van der Waals surface area contributed by atoms with Gasteiger partial charge in [0.15, 0.2) is 0 Å². The van der Waals surface area contributed by atoms with Crippen LogP contribution in [0.15, 0.2) is 30.3 Å². The second-order valence-electron chi connectivity index (χ2n) is 5.65. The van der Waals surface area contributed by atoms with Crippen molar-refractivity contribution in [2.75, 3.05) is 33.2 Å². The number of hydrogen-bond acceptors (Lipinski definition) is 3. The highest BCUT2D eigenvalue weighted by Gasteiger charge is 2.31. The van der Waals surface area contributed by atoms with Crippen LogP contribution >= 0.6 is 12.4 Å². The molecular formula is C15H26ClN3O2S. The summed E-state index contributed by atoms with van der Waals surface area (Å²) in [5.74, 6) is 0.540. The fourth-order valence-corrected chi connectivity index (χ4v) is 3.79. The second kappa shape index (κ2) is 8.84. The van der Waals surface area contributed by atoms with Gasteiger partial charge in [-0.15, -0.1) is 12.4 Å². The van der Waals surface area contributed by atoms with E-state index in [0.29, 0.717) is 38.5 Å². The molecule has 0 aromatic heterocycles. The highest BCUT2D eigenvalue weighted by Crippen LogP contribution is 2.30. The molecule has 22 heavy (non-hydrogen) atoms. The molecule has 0 atom stereocenters. The van der Waals surface area contributed by atoms with Gasteiger partial charge in [-0.2, -0.15) is 17.0 Å². The normalized spacial score (nSPS) is 15.1. The highest BCUT2D eigenvalue weighted by atomic mass is 35.5. The van der Waals surface area contributed by atoms with E-state index in [2.05, 4.69) is 0 Å². The summed E-state index contributed by atoms with van der Waals surface area (Å²) in [4.78, 5) is 0. The lowest BCUT2D eigenvalue weighted by Crippen LogP contribution is -2.45. The van der Waals surface area contributed by atoms with Crippen molar-refractivity contribution in [1.29, 1.82) is 0 Å². The van der Waals surface area contributed by atoms with E-state index >= 15 is 0 Å². The molecule has 2 rings (SSSR count). The molecule has 0 saturated heterocycles. The smallest absolute Gasteiger partial charge is 0.281 e. The van der Waals surface area contributed by atoms with E-state index in [0.717, 1.165) is 18.4 Å². The van der Waals surface area contributed by atoms with Crippen LogP contribution in [0.3, 0.4) is 0 Å². The zero-order chi connectivity index (χ0) is 15.3. The molecule has 1 aromatic carbocycles. The molecule has 0 heterocycles. The Bertz CT molecular complexity index is 535. The topological polar surface area (TPSA) is 66.6 Å². The zero-order valence-corrected chi connectivity index (χ0v) is 14.7. The first-order chi connectivity index (χ1) is 10.0. The maximum atomic E-state index is 12.6. The van der Waals surface area contributed by atoms with E-state index in [4.69, 9.17) is 5.73 Å². The lowest BCUT2D eigenvalue weighted by atomic mass is 10.1. The molecule has 126 valence electrons. The number of rotatable bonds is 9. The first-order valence-corrected chi connectivity index (χ1v) is 8.89. The Labute approximate surface area is 140 Å². The minimum atomic E-state index is -3.40. The van der Waals surface area contributed by atoms with E-state index in [-0.39, 0.29) is 12.4 Å². The van der Waals surface area contributed by atoms with Crippen LogP contribution in [0.1, 0.15) is 18.4 Å². The molecule has 0 spiro atoms. The monoisotopic (exact) mass is 347 g/mol. The number of nitrogens with zero attached hydrogens (tertiary/aromatic N) is 2. The van der Waals surface area contributed by atoms with Crippen molar-refractivity contribution in [2.24, 2.45) is 11.7 Å². The third-order valence-electron chi connectivity index (χ3n) is 3.80. The van der Waals surface area contributed by atoms with Crippen molar-refractivity contribution in [3.8, 4) is 0 Å². The summed E-state index contributed by atoms with van der Waals surface area (Å²) in [6.45, 7) is 1.79. The van der Waals surface area contributed by atoms with Crippen molar-refractivity contribution in [3.05, 3.63) is 35.9 Å². The van der Waals surface area contributed by atoms with Crippen LogP contribution in [0.25, 0.3) is 0 Å². The van der Waals surface area contributed by atoms with E-state index in [9.17, 15) is 8.42 Å². The van der Waals surface area contributed by atoms with Gasteiger partial charge in [0.25, 0.3) is 10.2 Å². The summed E-state index contributed by atoms with van der Waals surface area (Å²) in [6, 6.07) is 9.93. The zero-order valence-electron chi connectivity index (χ0n) is 13.0. The van der Waals surface area contributed by atoms with Gasteiger partial charge >= 0.3 is 0 Å². The largest absolute Gasteiger partial charge is 0.329 e. The molecule has 0 bridgehead atoms. The quantitative estimate of drug-likeness (QED) is 0.736. The number of halogens is 1. The van der Waals surface area contributed by atoms with Gasteiger partial charge < -0.3 is 5.73 Å².